The van der Waals surface area contributed by atoms with Gasteiger partial charge in [0.15, 0.2) is 0 Å². The van der Waals surface area contributed by atoms with E-state index in [0.717, 1.165) is 23.2 Å². The predicted octanol–water partition coefficient (Wildman–Crippen LogP) is 3.53. The maximum atomic E-state index is 12.1. The number of aryl methyl sites for hydroxylation is 2. The molecule has 1 N–H and O–H groups in total. The fraction of sp³-hybridized carbons (Fsp3) is 0.643. The summed E-state index contributed by atoms with van der Waals surface area (Å²) in [5.74, 6) is 0.134. The van der Waals surface area contributed by atoms with Crippen LogP contribution in [-0.2, 0) is 12.8 Å². The zero-order valence-corrected chi connectivity index (χ0v) is 12.8. The van der Waals surface area contributed by atoms with E-state index >= 15 is 0 Å². The summed E-state index contributed by atoms with van der Waals surface area (Å²) in [6.07, 6.45) is 7.29. The highest BCUT2D eigenvalue weighted by Gasteiger charge is 2.41. The Kier molecular flexibility index (Phi) is 3.50. The van der Waals surface area contributed by atoms with Crippen molar-refractivity contribution in [2.24, 2.45) is 5.41 Å². The largest absolute Gasteiger partial charge is 0.351 e. The molecule has 3 rings (SSSR count). The molecule has 1 saturated carbocycles. The van der Waals surface area contributed by atoms with Crippen LogP contribution in [0, 0.1) is 5.41 Å². The number of hydrogen-bond donors (Lipinski definition) is 1. The summed E-state index contributed by atoms with van der Waals surface area (Å²) in [4.78, 5) is 14.5. The van der Waals surface area contributed by atoms with Crippen LogP contribution in [0.1, 0.15) is 45.8 Å². The van der Waals surface area contributed by atoms with E-state index in [9.17, 15) is 4.79 Å². The Hall–Kier alpha value is -0.350. The molecule has 0 bridgehead atoms. The molecular weight excluding hydrogens is 310 g/mol. The maximum Gasteiger partial charge on any atom is 0.261 e. The van der Waals surface area contributed by atoms with Gasteiger partial charge in [0.05, 0.1) is 4.88 Å². The molecule has 0 atom stereocenters. The normalized spacial score (nSPS) is 19.6. The van der Waals surface area contributed by atoms with Gasteiger partial charge < -0.3 is 5.32 Å². The van der Waals surface area contributed by atoms with Crippen LogP contribution in [0.4, 0.5) is 0 Å². The molecule has 1 fully saturated rings. The second kappa shape index (κ2) is 4.97. The lowest BCUT2D eigenvalue weighted by Gasteiger charge is -2.13. The van der Waals surface area contributed by atoms with Crippen LogP contribution in [0.25, 0.3) is 0 Å². The van der Waals surface area contributed by atoms with Crippen molar-refractivity contribution in [3.63, 3.8) is 0 Å². The van der Waals surface area contributed by atoms with E-state index in [0.29, 0.717) is 5.41 Å². The summed E-state index contributed by atoms with van der Waals surface area (Å²) in [5, 5.41) is 4.16. The summed E-state index contributed by atoms with van der Waals surface area (Å²) in [5.41, 5.74) is 1.81. The Morgan fingerprint density at radius 1 is 1.44 bits per heavy atom. The lowest BCUT2D eigenvalue weighted by molar-refractivity contribution is 0.0948. The first-order chi connectivity index (χ1) is 8.72. The summed E-state index contributed by atoms with van der Waals surface area (Å²) >= 11 is 5.19. The summed E-state index contributed by atoms with van der Waals surface area (Å²) in [6, 6.07) is 2.10. The molecule has 18 heavy (non-hydrogen) atoms. The number of hydrogen-bond acceptors (Lipinski definition) is 2. The van der Waals surface area contributed by atoms with Crippen molar-refractivity contribution in [1.29, 1.82) is 0 Å². The molecule has 98 valence electrons. The molecule has 1 aromatic rings. The van der Waals surface area contributed by atoms with Gasteiger partial charge in [0, 0.05) is 16.8 Å². The van der Waals surface area contributed by atoms with E-state index in [-0.39, 0.29) is 5.91 Å². The Balaban J connectivity index is 1.58. The zero-order valence-electron chi connectivity index (χ0n) is 10.4. The molecule has 1 aromatic heterocycles. The highest BCUT2D eigenvalue weighted by atomic mass is 79.9. The van der Waals surface area contributed by atoms with Gasteiger partial charge in [-0.1, -0.05) is 15.9 Å². The van der Waals surface area contributed by atoms with Gasteiger partial charge in [-0.15, -0.1) is 11.3 Å². The van der Waals surface area contributed by atoms with E-state index < -0.39 is 0 Å². The smallest absolute Gasteiger partial charge is 0.261 e. The minimum Gasteiger partial charge on any atom is -0.351 e. The van der Waals surface area contributed by atoms with E-state index in [4.69, 9.17) is 0 Å². The predicted molar refractivity (Wildman–Crippen MR) is 78.8 cm³/mol. The molecule has 2 aliphatic carbocycles. The van der Waals surface area contributed by atoms with Crippen molar-refractivity contribution in [2.75, 3.05) is 11.9 Å². The van der Waals surface area contributed by atoms with Crippen molar-refractivity contribution in [1.82, 2.24) is 5.32 Å². The average molecular weight is 328 g/mol. The molecule has 4 heteroatoms. The van der Waals surface area contributed by atoms with Crippen molar-refractivity contribution < 1.29 is 4.79 Å². The molecule has 1 amide bonds. The Labute approximate surface area is 120 Å². The molecular formula is C14H18BrNOS. The molecule has 0 aliphatic heterocycles. The van der Waals surface area contributed by atoms with Gasteiger partial charge in [0.1, 0.15) is 0 Å². The van der Waals surface area contributed by atoms with Crippen LogP contribution in [-0.4, -0.2) is 17.8 Å². The molecule has 0 radical (unpaired) electrons. The van der Waals surface area contributed by atoms with Gasteiger partial charge in [-0.3, -0.25) is 4.79 Å². The van der Waals surface area contributed by atoms with Crippen molar-refractivity contribution in [2.45, 2.75) is 38.5 Å². The van der Waals surface area contributed by atoms with Crippen molar-refractivity contribution in [3.05, 3.63) is 21.4 Å². The van der Waals surface area contributed by atoms with Crippen LogP contribution in [0.5, 0.6) is 0 Å². The monoisotopic (exact) mass is 327 g/mol. The van der Waals surface area contributed by atoms with Gasteiger partial charge in [0.2, 0.25) is 0 Å². The van der Waals surface area contributed by atoms with Crippen LogP contribution >= 0.6 is 27.3 Å². The molecule has 0 unspecified atom stereocenters. The number of thiophene rings is 1. The van der Waals surface area contributed by atoms with Crippen LogP contribution in [0.3, 0.4) is 0 Å². The van der Waals surface area contributed by atoms with Gasteiger partial charge >= 0.3 is 0 Å². The van der Waals surface area contributed by atoms with E-state index in [1.54, 1.807) is 11.3 Å². The Morgan fingerprint density at radius 3 is 2.94 bits per heavy atom. The van der Waals surface area contributed by atoms with Crippen LogP contribution in [0.2, 0.25) is 0 Å². The lowest BCUT2D eigenvalue weighted by Crippen LogP contribution is -2.29. The number of amides is 1. The third-order valence-corrected chi connectivity index (χ3v) is 5.81. The molecule has 0 spiro atoms. The molecule has 0 saturated heterocycles. The van der Waals surface area contributed by atoms with Crippen molar-refractivity contribution in [3.8, 4) is 0 Å². The summed E-state index contributed by atoms with van der Waals surface area (Å²) in [7, 11) is 0. The number of rotatable bonds is 5. The number of fused-ring (bicyclic) bond motifs is 1. The number of nitrogens with one attached hydrogen (secondary N) is 1. The molecule has 2 nitrogen and oxygen atoms in total. The Morgan fingerprint density at radius 2 is 2.28 bits per heavy atom. The zero-order chi connectivity index (χ0) is 12.6. The molecule has 0 aromatic carbocycles. The quantitative estimate of drug-likeness (QED) is 0.823. The first kappa shape index (κ1) is 12.7. The SMILES string of the molecule is O=C(NCC1(CCBr)CC1)c1cc2c(s1)CCC2. The fourth-order valence-electron chi connectivity index (χ4n) is 2.69. The van der Waals surface area contributed by atoms with Crippen LogP contribution < -0.4 is 5.32 Å². The standard InChI is InChI=1S/C14H18BrNOS/c15-7-6-14(4-5-14)9-16-13(17)12-8-10-2-1-3-11(10)18-12/h8H,1-7,9H2,(H,16,17). The van der Waals surface area contributed by atoms with Gasteiger partial charge in [0.25, 0.3) is 5.91 Å². The second-order valence-corrected chi connectivity index (χ2v) is 7.46. The lowest BCUT2D eigenvalue weighted by atomic mass is 10.0. The third-order valence-electron chi connectivity index (χ3n) is 4.18. The maximum absolute atomic E-state index is 12.1. The summed E-state index contributed by atoms with van der Waals surface area (Å²) in [6.45, 7) is 0.847. The Bertz CT molecular complexity index is 443. The topological polar surface area (TPSA) is 29.1 Å². The summed E-state index contributed by atoms with van der Waals surface area (Å²) < 4.78 is 0. The highest BCUT2D eigenvalue weighted by molar-refractivity contribution is 9.09. The molecule has 2 aliphatic rings. The number of alkyl halides is 1. The minimum atomic E-state index is 0.134. The number of carbonyl (C=O) groups is 1. The average Bonchev–Trinajstić information content (AvgIpc) is 2.80. The number of carbonyl (C=O) groups excluding carboxylic acids is 1. The first-order valence-corrected chi connectivity index (χ1v) is 8.62. The van der Waals surface area contributed by atoms with E-state index in [1.807, 2.05) is 0 Å². The first-order valence-electron chi connectivity index (χ1n) is 6.68. The van der Waals surface area contributed by atoms with Gasteiger partial charge in [-0.25, -0.2) is 0 Å². The fourth-order valence-corrected chi connectivity index (χ4v) is 4.70. The second-order valence-electron chi connectivity index (χ2n) is 5.53. The number of halogens is 1. The molecule has 1 heterocycles. The van der Waals surface area contributed by atoms with Crippen LogP contribution in [0.15, 0.2) is 6.07 Å². The van der Waals surface area contributed by atoms with Crippen molar-refractivity contribution >= 4 is 33.2 Å². The highest BCUT2D eigenvalue weighted by Crippen LogP contribution is 2.48. The van der Waals surface area contributed by atoms with Gasteiger partial charge in [-0.05, 0) is 55.6 Å². The van der Waals surface area contributed by atoms with E-state index in [2.05, 4.69) is 27.3 Å². The van der Waals surface area contributed by atoms with E-state index in [1.165, 1.54) is 42.5 Å². The minimum absolute atomic E-state index is 0.134. The third kappa shape index (κ3) is 2.50. The van der Waals surface area contributed by atoms with Gasteiger partial charge in [-0.2, -0.15) is 0 Å².